The monoisotopic (exact) mass is 462 g/mol. The quantitative estimate of drug-likeness (QED) is 0.544. The largest absolute Gasteiger partial charge is 0.491 e. The van der Waals surface area contributed by atoms with Gasteiger partial charge in [-0.25, -0.2) is 8.42 Å². The van der Waals surface area contributed by atoms with Crippen LogP contribution in [0.2, 0.25) is 0 Å². The molecule has 0 aliphatic carbocycles. The van der Waals surface area contributed by atoms with E-state index in [1.54, 1.807) is 24.3 Å². The first-order chi connectivity index (χ1) is 14.9. The number of hydrogen-bond donors (Lipinski definition) is 1. The SMILES string of the molecule is CC[C@@H](Oc1ccc(N(C)S(C)(=O)=O)cc1)C(=O)NCCOc1ccccc1C(C)(C)C. The lowest BCUT2D eigenvalue weighted by molar-refractivity contribution is -0.128. The Balaban J connectivity index is 1.89. The third-order valence-corrected chi connectivity index (χ3v) is 6.20. The molecule has 32 heavy (non-hydrogen) atoms. The van der Waals surface area contributed by atoms with Crippen LogP contribution in [0.5, 0.6) is 11.5 Å². The first-order valence-electron chi connectivity index (χ1n) is 10.6. The van der Waals surface area contributed by atoms with E-state index >= 15 is 0 Å². The van der Waals surface area contributed by atoms with E-state index in [4.69, 9.17) is 9.47 Å². The molecule has 1 N–H and O–H groups in total. The molecule has 0 aliphatic rings. The zero-order chi connectivity index (χ0) is 23.9. The van der Waals surface area contributed by atoms with Crippen molar-refractivity contribution in [3.63, 3.8) is 0 Å². The normalized spacial score (nSPS) is 12.7. The van der Waals surface area contributed by atoms with Crippen molar-refractivity contribution in [2.45, 2.75) is 45.6 Å². The van der Waals surface area contributed by atoms with Crippen LogP contribution in [0.3, 0.4) is 0 Å². The molecule has 0 spiro atoms. The van der Waals surface area contributed by atoms with Crippen LogP contribution in [-0.2, 0) is 20.2 Å². The number of amides is 1. The summed E-state index contributed by atoms with van der Waals surface area (Å²) in [7, 11) is -1.86. The highest BCUT2D eigenvalue weighted by atomic mass is 32.2. The van der Waals surface area contributed by atoms with Gasteiger partial charge in [-0.15, -0.1) is 0 Å². The number of nitrogens with one attached hydrogen (secondary N) is 1. The van der Waals surface area contributed by atoms with Crippen LogP contribution in [0.4, 0.5) is 5.69 Å². The van der Waals surface area contributed by atoms with Crippen LogP contribution in [0.25, 0.3) is 0 Å². The number of carbonyl (C=O) groups excluding carboxylic acids is 1. The van der Waals surface area contributed by atoms with Gasteiger partial charge in [0.05, 0.1) is 18.5 Å². The zero-order valence-electron chi connectivity index (χ0n) is 19.7. The maximum Gasteiger partial charge on any atom is 0.261 e. The minimum absolute atomic E-state index is 0.0351. The number of rotatable bonds is 10. The standard InChI is InChI=1S/C24H34N2O5S/c1-7-21(31-19-14-12-18(13-15-19)26(5)32(6,28)29)23(27)25-16-17-30-22-11-9-8-10-20(22)24(2,3)4/h8-15,21H,7,16-17H2,1-6H3,(H,25,27)/t21-/m1/s1. The fourth-order valence-corrected chi connectivity index (χ4v) is 3.58. The minimum Gasteiger partial charge on any atom is -0.491 e. The van der Waals surface area contributed by atoms with E-state index < -0.39 is 16.1 Å². The average Bonchev–Trinajstić information content (AvgIpc) is 2.73. The Kier molecular flexibility index (Phi) is 8.55. The van der Waals surface area contributed by atoms with E-state index in [1.165, 1.54) is 11.4 Å². The molecular formula is C24H34N2O5S. The van der Waals surface area contributed by atoms with Crippen molar-refractivity contribution in [3.05, 3.63) is 54.1 Å². The zero-order valence-corrected chi connectivity index (χ0v) is 20.5. The van der Waals surface area contributed by atoms with Gasteiger partial charge in [-0.3, -0.25) is 9.10 Å². The Morgan fingerprint density at radius 3 is 2.28 bits per heavy atom. The first-order valence-corrected chi connectivity index (χ1v) is 12.5. The second kappa shape index (κ2) is 10.7. The van der Waals surface area contributed by atoms with Gasteiger partial charge in [0.1, 0.15) is 18.1 Å². The molecule has 0 bridgehead atoms. The van der Waals surface area contributed by atoms with Crippen molar-refractivity contribution in [2.24, 2.45) is 0 Å². The number of anilines is 1. The van der Waals surface area contributed by atoms with Gasteiger partial charge in [0, 0.05) is 7.05 Å². The molecule has 2 rings (SSSR count). The molecule has 0 aliphatic heterocycles. The van der Waals surface area contributed by atoms with E-state index in [1.807, 2.05) is 31.2 Å². The molecule has 7 nitrogen and oxygen atoms in total. The highest BCUT2D eigenvalue weighted by Gasteiger charge is 2.20. The van der Waals surface area contributed by atoms with Gasteiger partial charge in [-0.2, -0.15) is 0 Å². The van der Waals surface area contributed by atoms with Crippen molar-refractivity contribution in [1.29, 1.82) is 0 Å². The van der Waals surface area contributed by atoms with Crippen molar-refractivity contribution in [1.82, 2.24) is 5.32 Å². The lowest BCUT2D eigenvalue weighted by atomic mass is 9.86. The van der Waals surface area contributed by atoms with Gasteiger partial charge in [0.15, 0.2) is 6.10 Å². The molecule has 2 aromatic rings. The fraction of sp³-hybridized carbons (Fsp3) is 0.458. The second-order valence-electron chi connectivity index (χ2n) is 8.62. The Hall–Kier alpha value is -2.74. The second-order valence-corrected chi connectivity index (χ2v) is 10.6. The maximum absolute atomic E-state index is 12.5. The Labute approximate surface area is 191 Å². The Morgan fingerprint density at radius 2 is 1.72 bits per heavy atom. The molecule has 0 aromatic heterocycles. The Bertz CT molecular complexity index is 998. The summed E-state index contributed by atoms with van der Waals surface area (Å²) in [5.74, 6) is 1.09. The van der Waals surface area contributed by atoms with Crippen LogP contribution in [-0.4, -0.2) is 46.9 Å². The lowest BCUT2D eigenvalue weighted by Gasteiger charge is -2.23. The molecule has 0 radical (unpaired) electrons. The van der Waals surface area contributed by atoms with Crippen molar-refractivity contribution in [2.75, 3.05) is 30.8 Å². The smallest absolute Gasteiger partial charge is 0.261 e. The number of para-hydroxylation sites is 1. The average molecular weight is 463 g/mol. The summed E-state index contributed by atoms with van der Waals surface area (Å²) >= 11 is 0. The highest BCUT2D eigenvalue weighted by molar-refractivity contribution is 7.92. The molecule has 0 saturated heterocycles. The summed E-state index contributed by atoms with van der Waals surface area (Å²) < 4.78 is 36.2. The summed E-state index contributed by atoms with van der Waals surface area (Å²) in [6.07, 6.45) is 0.973. The maximum atomic E-state index is 12.5. The molecule has 0 heterocycles. The molecule has 176 valence electrons. The molecule has 2 aromatic carbocycles. The van der Waals surface area contributed by atoms with E-state index in [0.717, 1.165) is 17.6 Å². The van der Waals surface area contributed by atoms with Crippen LogP contribution in [0.1, 0.15) is 39.7 Å². The van der Waals surface area contributed by atoms with Crippen LogP contribution < -0.4 is 19.1 Å². The van der Waals surface area contributed by atoms with E-state index in [-0.39, 0.29) is 11.3 Å². The van der Waals surface area contributed by atoms with Crippen LogP contribution in [0, 0.1) is 0 Å². The summed E-state index contributed by atoms with van der Waals surface area (Å²) in [6.45, 7) is 8.97. The van der Waals surface area contributed by atoms with Gasteiger partial charge < -0.3 is 14.8 Å². The summed E-state index contributed by atoms with van der Waals surface area (Å²) in [5.41, 5.74) is 1.60. The number of sulfonamides is 1. The summed E-state index contributed by atoms with van der Waals surface area (Å²) in [5, 5.41) is 2.86. The third-order valence-electron chi connectivity index (χ3n) is 4.99. The van der Waals surface area contributed by atoms with Crippen molar-refractivity contribution < 1.29 is 22.7 Å². The summed E-state index contributed by atoms with van der Waals surface area (Å²) in [6, 6.07) is 14.5. The molecule has 1 amide bonds. The van der Waals surface area contributed by atoms with Crippen LogP contribution >= 0.6 is 0 Å². The van der Waals surface area contributed by atoms with Gasteiger partial charge in [-0.05, 0) is 47.7 Å². The molecule has 0 saturated carbocycles. The minimum atomic E-state index is -3.34. The van der Waals surface area contributed by atoms with E-state index in [2.05, 4.69) is 26.1 Å². The molecular weight excluding hydrogens is 428 g/mol. The molecule has 0 unspecified atom stereocenters. The van der Waals surface area contributed by atoms with Crippen molar-refractivity contribution >= 4 is 21.6 Å². The number of ether oxygens (including phenoxy) is 2. The first kappa shape index (κ1) is 25.5. The van der Waals surface area contributed by atoms with Crippen molar-refractivity contribution in [3.8, 4) is 11.5 Å². The molecule has 0 fully saturated rings. The predicted molar refractivity (Wildman–Crippen MR) is 128 cm³/mol. The lowest BCUT2D eigenvalue weighted by Crippen LogP contribution is -2.39. The third kappa shape index (κ3) is 7.15. The Morgan fingerprint density at radius 1 is 1.09 bits per heavy atom. The van der Waals surface area contributed by atoms with E-state index in [9.17, 15) is 13.2 Å². The fourth-order valence-electron chi connectivity index (χ4n) is 3.07. The number of hydrogen-bond acceptors (Lipinski definition) is 5. The van der Waals surface area contributed by atoms with E-state index in [0.29, 0.717) is 31.0 Å². The molecule has 8 heteroatoms. The van der Waals surface area contributed by atoms with Gasteiger partial charge in [0.25, 0.3) is 5.91 Å². The predicted octanol–water partition coefficient (Wildman–Crippen LogP) is 3.73. The van der Waals surface area contributed by atoms with Gasteiger partial charge in [0.2, 0.25) is 10.0 Å². The number of nitrogens with zero attached hydrogens (tertiary/aromatic N) is 1. The molecule has 1 atom stereocenters. The highest BCUT2D eigenvalue weighted by Crippen LogP contribution is 2.30. The van der Waals surface area contributed by atoms with Crippen LogP contribution in [0.15, 0.2) is 48.5 Å². The van der Waals surface area contributed by atoms with Gasteiger partial charge >= 0.3 is 0 Å². The number of carbonyl (C=O) groups is 1. The van der Waals surface area contributed by atoms with Gasteiger partial charge in [-0.1, -0.05) is 45.9 Å². The summed E-state index contributed by atoms with van der Waals surface area (Å²) in [4.78, 5) is 12.5. The number of benzene rings is 2. The topological polar surface area (TPSA) is 84.9 Å².